The minimum absolute atomic E-state index is 0.873. The van der Waals surface area contributed by atoms with Gasteiger partial charge in [0.2, 0.25) is 0 Å². The van der Waals surface area contributed by atoms with E-state index in [1.807, 2.05) is 6.20 Å². The van der Waals surface area contributed by atoms with Gasteiger partial charge in [0, 0.05) is 18.4 Å². The topological polar surface area (TPSA) is 20.7 Å². The maximum atomic E-state index is 5.22. The lowest BCUT2D eigenvalue weighted by Gasteiger charge is -2.05. The van der Waals surface area contributed by atoms with Crippen LogP contribution < -0.4 is 0 Å². The fourth-order valence-electron chi connectivity index (χ4n) is 1.67. The van der Waals surface area contributed by atoms with E-state index in [-0.39, 0.29) is 0 Å². The molecule has 3 heteroatoms. The van der Waals surface area contributed by atoms with Gasteiger partial charge in [0.15, 0.2) is 4.77 Å². The Morgan fingerprint density at radius 2 is 2.07 bits per heavy atom. The number of hydrogen-bond donors (Lipinski definition) is 1. The number of nitrogens with zero attached hydrogens (tertiary/aromatic N) is 1. The summed E-state index contributed by atoms with van der Waals surface area (Å²) in [6.45, 7) is 5.48. The fraction of sp³-hybridized carbons (Fsp3) is 0.727. The van der Waals surface area contributed by atoms with E-state index in [2.05, 4.69) is 23.4 Å². The number of rotatable bonds is 6. The Morgan fingerprint density at radius 1 is 1.29 bits per heavy atom. The predicted molar refractivity (Wildman–Crippen MR) is 63.1 cm³/mol. The summed E-state index contributed by atoms with van der Waals surface area (Å²) in [5.74, 6) is 0. The minimum atomic E-state index is 0.873. The monoisotopic (exact) mass is 212 g/mol. The van der Waals surface area contributed by atoms with Gasteiger partial charge in [-0.2, -0.15) is 0 Å². The van der Waals surface area contributed by atoms with Gasteiger partial charge in [-0.1, -0.05) is 33.1 Å². The van der Waals surface area contributed by atoms with Crippen LogP contribution in [-0.2, 0) is 13.0 Å². The molecule has 1 N–H and O–H groups in total. The lowest BCUT2D eigenvalue weighted by molar-refractivity contribution is 0.565. The van der Waals surface area contributed by atoms with Crippen molar-refractivity contribution in [2.75, 3.05) is 0 Å². The van der Waals surface area contributed by atoms with E-state index in [0.29, 0.717) is 0 Å². The number of aromatic nitrogens is 2. The number of aryl methyl sites for hydroxylation is 1. The van der Waals surface area contributed by atoms with Crippen LogP contribution in [0.2, 0.25) is 0 Å². The van der Waals surface area contributed by atoms with E-state index in [4.69, 9.17) is 12.2 Å². The van der Waals surface area contributed by atoms with Crippen molar-refractivity contribution in [3.05, 3.63) is 16.7 Å². The lowest BCUT2D eigenvalue weighted by atomic mass is 10.2. The van der Waals surface area contributed by atoms with Crippen LogP contribution in [0.1, 0.15) is 45.2 Å². The summed E-state index contributed by atoms with van der Waals surface area (Å²) >= 11 is 5.22. The van der Waals surface area contributed by atoms with Crippen molar-refractivity contribution in [3.63, 3.8) is 0 Å². The van der Waals surface area contributed by atoms with E-state index >= 15 is 0 Å². The fourth-order valence-corrected chi connectivity index (χ4v) is 1.93. The van der Waals surface area contributed by atoms with Crippen molar-refractivity contribution in [1.29, 1.82) is 0 Å². The van der Waals surface area contributed by atoms with Gasteiger partial charge < -0.3 is 9.55 Å². The van der Waals surface area contributed by atoms with Gasteiger partial charge >= 0.3 is 0 Å². The summed E-state index contributed by atoms with van der Waals surface area (Å²) in [5.41, 5.74) is 1.33. The average Bonchev–Trinajstić information content (AvgIpc) is 2.55. The molecule has 0 fully saturated rings. The number of nitrogens with one attached hydrogen (secondary N) is 1. The van der Waals surface area contributed by atoms with Crippen LogP contribution in [-0.4, -0.2) is 9.55 Å². The highest BCUT2D eigenvalue weighted by molar-refractivity contribution is 7.71. The second-order valence-corrected chi connectivity index (χ2v) is 4.04. The largest absolute Gasteiger partial charge is 0.337 e. The van der Waals surface area contributed by atoms with Crippen LogP contribution in [0.25, 0.3) is 0 Å². The van der Waals surface area contributed by atoms with Gasteiger partial charge in [-0.05, 0) is 25.1 Å². The molecular weight excluding hydrogens is 192 g/mol. The minimum Gasteiger partial charge on any atom is -0.337 e. The Labute approximate surface area is 91.3 Å². The zero-order valence-corrected chi connectivity index (χ0v) is 9.99. The third kappa shape index (κ3) is 2.98. The summed E-state index contributed by atoms with van der Waals surface area (Å²) in [6, 6.07) is 0. The Balaban J connectivity index is 2.48. The van der Waals surface area contributed by atoms with Gasteiger partial charge in [-0.25, -0.2) is 0 Å². The van der Waals surface area contributed by atoms with Crippen LogP contribution in [0.3, 0.4) is 0 Å². The number of aromatic amines is 1. The summed E-state index contributed by atoms with van der Waals surface area (Å²) in [4.78, 5) is 3.11. The molecule has 2 nitrogen and oxygen atoms in total. The SMILES string of the molecule is CCCCCCn1c(CC)c[nH]c1=S. The Morgan fingerprint density at radius 3 is 2.71 bits per heavy atom. The second kappa shape index (κ2) is 6.02. The van der Waals surface area contributed by atoms with Crippen LogP contribution in [0.15, 0.2) is 6.20 Å². The third-order valence-corrected chi connectivity index (χ3v) is 2.89. The van der Waals surface area contributed by atoms with Crippen molar-refractivity contribution in [2.24, 2.45) is 0 Å². The number of H-pyrrole nitrogens is 1. The first kappa shape index (κ1) is 11.5. The van der Waals surface area contributed by atoms with E-state index in [1.165, 1.54) is 31.4 Å². The first-order chi connectivity index (χ1) is 6.79. The maximum Gasteiger partial charge on any atom is 0.177 e. The molecule has 0 spiro atoms. The van der Waals surface area contributed by atoms with E-state index in [9.17, 15) is 0 Å². The molecule has 1 rings (SSSR count). The first-order valence-electron chi connectivity index (χ1n) is 5.56. The van der Waals surface area contributed by atoms with Crippen molar-refractivity contribution in [2.45, 2.75) is 52.5 Å². The molecule has 80 valence electrons. The Hall–Kier alpha value is -0.570. The van der Waals surface area contributed by atoms with Gasteiger partial charge in [0.05, 0.1) is 0 Å². The maximum absolute atomic E-state index is 5.22. The molecule has 0 aliphatic heterocycles. The molecule has 0 aliphatic rings. The van der Waals surface area contributed by atoms with E-state index in [0.717, 1.165) is 17.7 Å². The molecule has 1 heterocycles. The molecule has 0 atom stereocenters. The highest BCUT2D eigenvalue weighted by Gasteiger charge is 2.00. The molecule has 0 bridgehead atoms. The Bertz CT molecular complexity index is 311. The quantitative estimate of drug-likeness (QED) is 0.563. The van der Waals surface area contributed by atoms with Crippen molar-refractivity contribution >= 4 is 12.2 Å². The normalized spacial score (nSPS) is 10.7. The molecule has 1 aromatic heterocycles. The molecule has 14 heavy (non-hydrogen) atoms. The van der Waals surface area contributed by atoms with Gasteiger partial charge in [-0.3, -0.25) is 0 Å². The van der Waals surface area contributed by atoms with Crippen LogP contribution in [0.5, 0.6) is 0 Å². The van der Waals surface area contributed by atoms with Gasteiger partial charge in [0.25, 0.3) is 0 Å². The summed E-state index contributed by atoms with van der Waals surface area (Å²) in [7, 11) is 0. The molecule has 0 radical (unpaired) electrons. The van der Waals surface area contributed by atoms with Crippen LogP contribution >= 0.6 is 12.2 Å². The average molecular weight is 212 g/mol. The van der Waals surface area contributed by atoms with Crippen molar-refractivity contribution < 1.29 is 0 Å². The molecule has 0 unspecified atom stereocenters. The summed E-state index contributed by atoms with van der Waals surface area (Å²) in [5, 5.41) is 0. The van der Waals surface area contributed by atoms with E-state index < -0.39 is 0 Å². The number of hydrogen-bond acceptors (Lipinski definition) is 1. The van der Waals surface area contributed by atoms with Crippen LogP contribution in [0.4, 0.5) is 0 Å². The van der Waals surface area contributed by atoms with Crippen molar-refractivity contribution in [1.82, 2.24) is 9.55 Å². The molecule has 0 aromatic carbocycles. The first-order valence-corrected chi connectivity index (χ1v) is 5.97. The zero-order chi connectivity index (χ0) is 10.4. The predicted octanol–water partition coefficient (Wildman–Crippen LogP) is 3.69. The molecular formula is C11H20N2S. The summed E-state index contributed by atoms with van der Waals surface area (Å²) in [6.07, 6.45) is 8.26. The third-order valence-electron chi connectivity index (χ3n) is 2.55. The number of imidazole rings is 1. The smallest absolute Gasteiger partial charge is 0.177 e. The summed E-state index contributed by atoms with van der Waals surface area (Å²) < 4.78 is 3.10. The van der Waals surface area contributed by atoms with E-state index in [1.54, 1.807) is 0 Å². The molecule has 0 saturated heterocycles. The highest BCUT2D eigenvalue weighted by Crippen LogP contribution is 2.07. The molecule has 0 saturated carbocycles. The molecule has 1 aromatic rings. The van der Waals surface area contributed by atoms with Crippen molar-refractivity contribution in [3.8, 4) is 0 Å². The zero-order valence-electron chi connectivity index (χ0n) is 9.18. The Kier molecular flexibility index (Phi) is 4.94. The standard InChI is InChI=1S/C11H20N2S/c1-3-5-6-7-8-13-10(4-2)9-12-11(13)14/h9H,3-8H2,1-2H3,(H,12,14). The molecule has 0 aliphatic carbocycles. The highest BCUT2D eigenvalue weighted by atomic mass is 32.1. The van der Waals surface area contributed by atoms with Crippen LogP contribution in [0, 0.1) is 4.77 Å². The number of unbranched alkanes of at least 4 members (excludes halogenated alkanes) is 3. The molecule has 0 amide bonds. The lowest BCUT2D eigenvalue weighted by Crippen LogP contribution is -2.02. The van der Waals surface area contributed by atoms with Gasteiger partial charge in [0.1, 0.15) is 0 Å². The van der Waals surface area contributed by atoms with Gasteiger partial charge in [-0.15, -0.1) is 0 Å². The second-order valence-electron chi connectivity index (χ2n) is 3.65.